The van der Waals surface area contributed by atoms with E-state index in [4.69, 9.17) is 10.5 Å². The first-order chi connectivity index (χ1) is 14.3. The zero-order valence-electron chi connectivity index (χ0n) is 17.1. The van der Waals surface area contributed by atoms with Crippen LogP contribution in [0.15, 0.2) is 36.4 Å². The molecule has 0 aromatic heterocycles. The van der Waals surface area contributed by atoms with Crippen LogP contribution in [0.4, 0.5) is 5.69 Å². The topological polar surface area (TPSA) is 119 Å². The fraction of sp³-hybridized carbons (Fsp3) is 0.348. The van der Waals surface area contributed by atoms with Crippen LogP contribution >= 0.6 is 0 Å². The molecule has 30 heavy (non-hydrogen) atoms. The van der Waals surface area contributed by atoms with Gasteiger partial charge < -0.3 is 20.9 Å². The van der Waals surface area contributed by atoms with E-state index in [0.29, 0.717) is 36.2 Å². The number of unbranched alkanes of at least 4 members (excludes halogenated alkanes) is 1. The normalized spacial score (nSPS) is 13.6. The van der Waals surface area contributed by atoms with Gasteiger partial charge in [0.05, 0.1) is 17.7 Å². The van der Waals surface area contributed by atoms with Crippen molar-refractivity contribution in [1.29, 1.82) is 0 Å². The summed E-state index contributed by atoms with van der Waals surface area (Å²) in [7, 11) is 0. The summed E-state index contributed by atoms with van der Waals surface area (Å²) in [5, 5.41) is 13.4. The summed E-state index contributed by atoms with van der Waals surface area (Å²) in [6.45, 7) is 4.49. The number of nitrogens with two attached hydrogens (primary N) is 1. The first-order valence-corrected chi connectivity index (χ1v) is 10.0. The maximum atomic E-state index is 13.0. The van der Waals surface area contributed by atoms with Crippen molar-refractivity contribution < 1.29 is 24.2 Å². The Hall–Kier alpha value is -3.19. The number of carbonyl (C=O) groups excluding carboxylic acids is 3. The Morgan fingerprint density at radius 2 is 1.67 bits per heavy atom. The molecular weight excluding hydrogens is 384 g/mol. The third-order valence-electron chi connectivity index (χ3n) is 5.18. The fourth-order valence-electron chi connectivity index (χ4n) is 3.34. The Morgan fingerprint density at radius 1 is 1.03 bits per heavy atom. The van der Waals surface area contributed by atoms with Crippen LogP contribution in [0.5, 0.6) is 5.75 Å². The van der Waals surface area contributed by atoms with Crippen LogP contribution in [0, 0.1) is 5.92 Å². The zero-order chi connectivity index (χ0) is 21.8. The minimum absolute atomic E-state index is 0.0187. The quantitative estimate of drug-likeness (QED) is 0.297. The number of ether oxygens (including phenoxy) is 1. The summed E-state index contributed by atoms with van der Waals surface area (Å²) in [5.74, 6) is -1.26. The van der Waals surface area contributed by atoms with Crippen molar-refractivity contribution in [3.05, 3.63) is 58.7 Å². The first-order valence-electron chi connectivity index (χ1n) is 10.0. The molecule has 7 heteroatoms. The molecule has 2 aromatic rings. The van der Waals surface area contributed by atoms with Crippen molar-refractivity contribution >= 4 is 23.2 Å². The second-order valence-electron chi connectivity index (χ2n) is 7.66. The number of aromatic hydroxyl groups is 1. The van der Waals surface area contributed by atoms with Crippen molar-refractivity contribution in [2.75, 3.05) is 18.5 Å². The molecule has 1 aliphatic rings. The molecule has 0 heterocycles. The number of ketones is 2. The lowest BCUT2D eigenvalue weighted by molar-refractivity contribution is -0.146. The number of rotatable bonds is 8. The minimum atomic E-state index is -0.627. The number of hydrogen-bond acceptors (Lipinski definition) is 7. The van der Waals surface area contributed by atoms with Gasteiger partial charge in [0.2, 0.25) is 0 Å². The standard InChI is InChI=1S/C23H26N2O5/c1-13(2)20(24)23(29)30-12-6-5-11-25-16-9-10-17(26)19-18(16)21(27)14-7-3-4-8-15(14)22(19)28/h3-4,7-10,13,20,25-26H,5-6,11-12,24H2,1-2H3/t20-/m0/s1. The first kappa shape index (κ1) is 21.5. The zero-order valence-corrected chi connectivity index (χ0v) is 17.1. The van der Waals surface area contributed by atoms with Crippen LogP contribution in [-0.4, -0.2) is 41.8 Å². The molecule has 0 radical (unpaired) electrons. The van der Waals surface area contributed by atoms with Crippen LogP contribution in [0.3, 0.4) is 0 Å². The van der Waals surface area contributed by atoms with E-state index >= 15 is 0 Å². The van der Waals surface area contributed by atoms with Gasteiger partial charge in [-0.25, -0.2) is 0 Å². The molecular formula is C23H26N2O5. The number of phenolic OH excluding ortho intramolecular Hbond substituents is 1. The van der Waals surface area contributed by atoms with Gasteiger partial charge in [0.1, 0.15) is 11.8 Å². The minimum Gasteiger partial charge on any atom is -0.507 e. The number of benzene rings is 2. The van der Waals surface area contributed by atoms with Crippen LogP contribution in [0.1, 0.15) is 58.5 Å². The lowest BCUT2D eigenvalue weighted by Crippen LogP contribution is -2.37. The van der Waals surface area contributed by atoms with Crippen molar-refractivity contribution in [2.24, 2.45) is 11.7 Å². The number of carbonyl (C=O) groups is 3. The number of phenols is 1. The van der Waals surface area contributed by atoms with Gasteiger partial charge >= 0.3 is 5.97 Å². The van der Waals surface area contributed by atoms with Crippen LogP contribution in [-0.2, 0) is 9.53 Å². The van der Waals surface area contributed by atoms with E-state index in [1.807, 2.05) is 13.8 Å². The molecule has 0 unspecified atom stereocenters. The van der Waals surface area contributed by atoms with E-state index in [-0.39, 0.29) is 41.0 Å². The lowest BCUT2D eigenvalue weighted by atomic mass is 9.82. The van der Waals surface area contributed by atoms with Gasteiger partial charge in [0.15, 0.2) is 11.6 Å². The van der Waals surface area contributed by atoms with E-state index in [1.165, 1.54) is 6.07 Å². The Labute approximate surface area is 175 Å². The Morgan fingerprint density at radius 3 is 2.30 bits per heavy atom. The van der Waals surface area contributed by atoms with Crippen LogP contribution < -0.4 is 11.1 Å². The molecule has 1 atom stereocenters. The summed E-state index contributed by atoms with van der Waals surface area (Å²) in [6, 6.07) is 8.97. The number of nitrogens with one attached hydrogen (secondary N) is 1. The summed E-state index contributed by atoms with van der Waals surface area (Å²) < 4.78 is 5.17. The molecule has 1 aliphatic carbocycles. The van der Waals surface area contributed by atoms with E-state index < -0.39 is 12.0 Å². The third-order valence-corrected chi connectivity index (χ3v) is 5.18. The van der Waals surface area contributed by atoms with E-state index in [1.54, 1.807) is 30.3 Å². The smallest absolute Gasteiger partial charge is 0.323 e. The molecule has 0 bridgehead atoms. The predicted molar refractivity (Wildman–Crippen MR) is 113 cm³/mol. The highest BCUT2D eigenvalue weighted by Crippen LogP contribution is 2.36. The number of hydrogen-bond donors (Lipinski definition) is 3. The number of anilines is 1. The van der Waals surface area contributed by atoms with Crippen molar-refractivity contribution in [2.45, 2.75) is 32.7 Å². The van der Waals surface area contributed by atoms with Gasteiger partial charge in [-0.2, -0.15) is 0 Å². The highest BCUT2D eigenvalue weighted by atomic mass is 16.5. The molecule has 0 saturated carbocycles. The molecule has 158 valence electrons. The summed E-state index contributed by atoms with van der Waals surface area (Å²) >= 11 is 0. The number of fused-ring (bicyclic) bond motifs is 2. The van der Waals surface area contributed by atoms with Gasteiger partial charge in [-0.05, 0) is 30.9 Å². The second kappa shape index (κ2) is 9.09. The SMILES string of the molecule is CC(C)[C@H](N)C(=O)OCCCCNc1ccc(O)c2c1C(=O)c1ccccc1C2=O. The van der Waals surface area contributed by atoms with Crippen molar-refractivity contribution in [3.63, 3.8) is 0 Å². The maximum Gasteiger partial charge on any atom is 0.323 e. The maximum absolute atomic E-state index is 13.0. The van der Waals surface area contributed by atoms with Gasteiger partial charge in [-0.1, -0.05) is 38.1 Å². The molecule has 3 rings (SSSR count). The highest BCUT2D eigenvalue weighted by Gasteiger charge is 2.33. The van der Waals surface area contributed by atoms with Crippen LogP contribution in [0.2, 0.25) is 0 Å². The van der Waals surface area contributed by atoms with Gasteiger partial charge in [-0.15, -0.1) is 0 Å². The molecule has 7 nitrogen and oxygen atoms in total. The Kier molecular flexibility index (Phi) is 6.52. The van der Waals surface area contributed by atoms with E-state index in [9.17, 15) is 19.5 Å². The molecule has 0 fully saturated rings. The molecule has 0 aliphatic heterocycles. The predicted octanol–water partition coefficient (Wildman–Crippen LogP) is 2.89. The van der Waals surface area contributed by atoms with E-state index in [0.717, 1.165) is 0 Å². The highest BCUT2D eigenvalue weighted by molar-refractivity contribution is 6.31. The molecule has 0 amide bonds. The monoisotopic (exact) mass is 410 g/mol. The van der Waals surface area contributed by atoms with Crippen molar-refractivity contribution in [3.8, 4) is 5.75 Å². The van der Waals surface area contributed by atoms with Crippen molar-refractivity contribution in [1.82, 2.24) is 0 Å². The average molecular weight is 410 g/mol. The Bertz CT molecular complexity index is 984. The molecule has 2 aromatic carbocycles. The summed E-state index contributed by atoms with van der Waals surface area (Å²) in [4.78, 5) is 37.5. The average Bonchev–Trinajstić information content (AvgIpc) is 2.74. The molecule has 0 spiro atoms. The van der Waals surface area contributed by atoms with Gasteiger partial charge in [0, 0.05) is 23.4 Å². The van der Waals surface area contributed by atoms with E-state index in [2.05, 4.69) is 5.32 Å². The largest absolute Gasteiger partial charge is 0.507 e. The second-order valence-corrected chi connectivity index (χ2v) is 7.66. The molecule has 0 saturated heterocycles. The third kappa shape index (κ3) is 4.21. The summed E-state index contributed by atoms with van der Waals surface area (Å²) in [6.07, 6.45) is 1.30. The van der Waals surface area contributed by atoms with Crippen LogP contribution in [0.25, 0.3) is 0 Å². The molecule has 4 N–H and O–H groups in total. The Balaban J connectivity index is 1.63. The lowest BCUT2D eigenvalue weighted by Gasteiger charge is -2.21. The number of esters is 1. The fourth-order valence-corrected chi connectivity index (χ4v) is 3.34. The summed E-state index contributed by atoms with van der Waals surface area (Å²) in [5.41, 5.74) is 7.08. The van der Waals surface area contributed by atoms with Gasteiger partial charge in [0.25, 0.3) is 0 Å². The van der Waals surface area contributed by atoms with Gasteiger partial charge in [-0.3, -0.25) is 14.4 Å².